The van der Waals surface area contributed by atoms with Gasteiger partial charge in [-0.25, -0.2) is 13.4 Å². The van der Waals surface area contributed by atoms with Crippen LogP contribution < -0.4 is 10.0 Å². The highest BCUT2D eigenvalue weighted by molar-refractivity contribution is 7.93. The molecule has 1 heterocycles. The van der Waals surface area contributed by atoms with E-state index < -0.39 is 15.9 Å². The second-order valence-electron chi connectivity index (χ2n) is 5.73. The number of benzene rings is 2. The van der Waals surface area contributed by atoms with Crippen LogP contribution in [0.1, 0.15) is 21.6 Å². The lowest BCUT2D eigenvalue weighted by atomic mass is 10.1. The lowest BCUT2D eigenvalue weighted by Gasteiger charge is -2.07. The van der Waals surface area contributed by atoms with Crippen LogP contribution in [0.3, 0.4) is 0 Å². The van der Waals surface area contributed by atoms with Crippen molar-refractivity contribution >= 4 is 38.1 Å². The Morgan fingerprint density at radius 1 is 1.08 bits per heavy atom. The molecular formula is C18H17N3O3S2. The van der Waals surface area contributed by atoms with Gasteiger partial charge in [0, 0.05) is 11.1 Å². The third-order valence-electron chi connectivity index (χ3n) is 3.64. The lowest BCUT2D eigenvalue weighted by Crippen LogP contribution is -2.15. The van der Waals surface area contributed by atoms with Gasteiger partial charge in [0.25, 0.3) is 15.9 Å². The van der Waals surface area contributed by atoms with Gasteiger partial charge in [-0.05, 0) is 37.6 Å². The topological polar surface area (TPSA) is 88.2 Å². The molecule has 0 aliphatic heterocycles. The highest BCUT2D eigenvalue weighted by atomic mass is 32.2. The maximum Gasteiger partial charge on any atom is 0.275 e. The fourth-order valence-corrected chi connectivity index (χ4v) is 4.30. The Bertz CT molecular complexity index is 1040. The summed E-state index contributed by atoms with van der Waals surface area (Å²) in [6, 6.07) is 13.7. The molecule has 0 aliphatic carbocycles. The summed E-state index contributed by atoms with van der Waals surface area (Å²) < 4.78 is 27.0. The van der Waals surface area contributed by atoms with E-state index in [0.717, 1.165) is 22.5 Å². The number of carbonyl (C=O) groups is 1. The first kappa shape index (κ1) is 18.1. The van der Waals surface area contributed by atoms with E-state index in [0.29, 0.717) is 5.69 Å². The molecule has 0 atom stereocenters. The standard InChI is InChI=1S/C18H17N3O3S2/c1-12-8-9-15(13(2)10-12)19-17(22)16-11-25-18(20-16)21-26(23,24)14-6-4-3-5-7-14/h3-11H,1-2H3,(H,19,22)(H,20,21). The van der Waals surface area contributed by atoms with E-state index in [9.17, 15) is 13.2 Å². The van der Waals surface area contributed by atoms with Crippen LogP contribution in [0.5, 0.6) is 0 Å². The van der Waals surface area contributed by atoms with Gasteiger partial charge in [0.2, 0.25) is 0 Å². The minimum atomic E-state index is -3.73. The van der Waals surface area contributed by atoms with Crippen LogP contribution in [-0.4, -0.2) is 19.3 Å². The van der Waals surface area contributed by atoms with Crippen LogP contribution in [0, 0.1) is 13.8 Å². The number of hydrogen-bond donors (Lipinski definition) is 2. The maximum atomic E-state index is 12.4. The molecule has 0 unspecified atom stereocenters. The number of thiazole rings is 1. The monoisotopic (exact) mass is 387 g/mol. The van der Waals surface area contributed by atoms with Gasteiger partial charge < -0.3 is 5.32 Å². The van der Waals surface area contributed by atoms with Crippen molar-refractivity contribution < 1.29 is 13.2 Å². The number of aromatic nitrogens is 1. The van der Waals surface area contributed by atoms with Crippen molar-refractivity contribution in [2.75, 3.05) is 10.0 Å². The van der Waals surface area contributed by atoms with E-state index in [4.69, 9.17) is 0 Å². The van der Waals surface area contributed by atoms with Crippen molar-refractivity contribution in [2.45, 2.75) is 18.7 Å². The number of aryl methyl sites for hydroxylation is 2. The first-order valence-corrected chi connectivity index (χ1v) is 10.1. The van der Waals surface area contributed by atoms with E-state index in [1.165, 1.54) is 17.5 Å². The molecule has 2 N–H and O–H groups in total. The van der Waals surface area contributed by atoms with E-state index >= 15 is 0 Å². The van der Waals surface area contributed by atoms with E-state index in [1.807, 2.05) is 32.0 Å². The first-order chi connectivity index (χ1) is 12.3. The summed E-state index contributed by atoms with van der Waals surface area (Å²) in [5.41, 5.74) is 2.89. The van der Waals surface area contributed by atoms with Crippen LogP contribution in [0.2, 0.25) is 0 Å². The molecule has 0 spiro atoms. The average Bonchev–Trinajstić information content (AvgIpc) is 3.06. The molecule has 0 fully saturated rings. The number of sulfonamides is 1. The van der Waals surface area contributed by atoms with Crippen LogP contribution in [-0.2, 0) is 10.0 Å². The zero-order chi connectivity index (χ0) is 18.7. The number of amides is 1. The van der Waals surface area contributed by atoms with Crippen LogP contribution in [0.25, 0.3) is 0 Å². The maximum absolute atomic E-state index is 12.4. The Morgan fingerprint density at radius 3 is 2.50 bits per heavy atom. The Morgan fingerprint density at radius 2 is 1.81 bits per heavy atom. The number of carbonyl (C=O) groups excluding carboxylic acids is 1. The van der Waals surface area contributed by atoms with Gasteiger partial charge in [0.15, 0.2) is 5.13 Å². The third kappa shape index (κ3) is 4.09. The molecule has 0 aliphatic rings. The lowest BCUT2D eigenvalue weighted by molar-refractivity contribution is 0.102. The molecule has 3 rings (SSSR count). The highest BCUT2D eigenvalue weighted by Crippen LogP contribution is 2.22. The predicted molar refractivity (Wildman–Crippen MR) is 103 cm³/mol. The molecule has 0 radical (unpaired) electrons. The summed E-state index contributed by atoms with van der Waals surface area (Å²) in [5, 5.41) is 4.44. The Hall–Kier alpha value is -2.71. The Kier molecular flexibility index (Phi) is 5.06. The normalized spacial score (nSPS) is 11.2. The van der Waals surface area contributed by atoms with Gasteiger partial charge in [0.1, 0.15) is 5.69 Å². The van der Waals surface area contributed by atoms with Crippen LogP contribution in [0.4, 0.5) is 10.8 Å². The number of rotatable bonds is 5. The Balaban J connectivity index is 1.74. The van der Waals surface area contributed by atoms with Crippen LogP contribution in [0.15, 0.2) is 58.8 Å². The molecule has 3 aromatic rings. The quantitative estimate of drug-likeness (QED) is 0.697. The predicted octanol–water partition coefficient (Wildman–Crippen LogP) is 3.81. The minimum absolute atomic E-state index is 0.136. The number of hydrogen-bond acceptors (Lipinski definition) is 5. The molecule has 1 aromatic heterocycles. The van der Waals surface area contributed by atoms with Crippen molar-refractivity contribution in [2.24, 2.45) is 0 Å². The molecular weight excluding hydrogens is 370 g/mol. The zero-order valence-corrected chi connectivity index (χ0v) is 15.8. The van der Waals surface area contributed by atoms with Gasteiger partial charge >= 0.3 is 0 Å². The smallest absolute Gasteiger partial charge is 0.275 e. The Labute approximate surface area is 156 Å². The first-order valence-electron chi connectivity index (χ1n) is 7.77. The average molecular weight is 387 g/mol. The highest BCUT2D eigenvalue weighted by Gasteiger charge is 2.18. The summed E-state index contributed by atoms with van der Waals surface area (Å²) >= 11 is 1.05. The molecule has 0 saturated heterocycles. The minimum Gasteiger partial charge on any atom is -0.320 e. The van der Waals surface area contributed by atoms with Crippen molar-refractivity contribution in [3.8, 4) is 0 Å². The third-order valence-corrected chi connectivity index (χ3v) is 5.88. The van der Waals surface area contributed by atoms with E-state index in [2.05, 4.69) is 15.0 Å². The van der Waals surface area contributed by atoms with Crippen molar-refractivity contribution in [3.63, 3.8) is 0 Å². The SMILES string of the molecule is Cc1ccc(NC(=O)c2csc(NS(=O)(=O)c3ccccc3)n2)c(C)c1. The second-order valence-corrected chi connectivity index (χ2v) is 8.27. The summed E-state index contributed by atoms with van der Waals surface area (Å²) in [6.45, 7) is 3.88. The fraction of sp³-hybridized carbons (Fsp3) is 0.111. The molecule has 2 aromatic carbocycles. The molecule has 8 heteroatoms. The molecule has 6 nitrogen and oxygen atoms in total. The zero-order valence-electron chi connectivity index (χ0n) is 14.2. The number of anilines is 2. The summed E-state index contributed by atoms with van der Waals surface area (Å²) in [7, 11) is -3.73. The van der Waals surface area contributed by atoms with E-state index in [1.54, 1.807) is 18.2 Å². The number of nitrogens with one attached hydrogen (secondary N) is 2. The molecule has 26 heavy (non-hydrogen) atoms. The molecule has 1 amide bonds. The largest absolute Gasteiger partial charge is 0.320 e. The van der Waals surface area contributed by atoms with Crippen molar-refractivity contribution in [1.29, 1.82) is 0 Å². The van der Waals surface area contributed by atoms with Gasteiger partial charge in [-0.1, -0.05) is 35.9 Å². The summed E-state index contributed by atoms with van der Waals surface area (Å²) in [6.07, 6.45) is 0. The van der Waals surface area contributed by atoms with Gasteiger partial charge in [-0.15, -0.1) is 11.3 Å². The van der Waals surface area contributed by atoms with Crippen molar-refractivity contribution in [1.82, 2.24) is 4.98 Å². The summed E-state index contributed by atoms with van der Waals surface area (Å²) in [5.74, 6) is -0.390. The van der Waals surface area contributed by atoms with Gasteiger partial charge in [-0.2, -0.15) is 0 Å². The summed E-state index contributed by atoms with van der Waals surface area (Å²) in [4.78, 5) is 16.6. The van der Waals surface area contributed by atoms with E-state index in [-0.39, 0.29) is 15.7 Å². The molecule has 0 bridgehead atoms. The fourth-order valence-electron chi connectivity index (χ4n) is 2.34. The second kappa shape index (κ2) is 7.27. The molecule has 0 saturated carbocycles. The van der Waals surface area contributed by atoms with Gasteiger partial charge in [0.05, 0.1) is 4.90 Å². The number of nitrogens with zero attached hydrogens (tertiary/aromatic N) is 1. The van der Waals surface area contributed by atoms with Crippen molar-refractivity contribution in [3.05, 3.63) is 70.7 Å². The van der Waals surface area contributed by atoms with Crippen LogP contribution >= 0.6 is 11.3 Å². The van der Waals surface area contributed by atoms with Gasteiger partial charge in [-0.3, -0.25) is 9.52 Å². The molecule has 134 valence electrons.